The average Bonchev–Trinajstić information content (AvgIpc) is 3.18. The number of carbonyl (C=O) groups excluding carboxylic acids is 1. The number of hydrogen-bond acceptors (Lipinski definition) is 6. The second kappa shape index (κ2) is 8.67. The third kappa shape index (κ3) is 3.82. The van der Waals surface area contributed by atoms with Gasteiger partial charge in [-0.3, -0.25) is 0 Å². The Morgan fingerprint density at radius 1 is 1.09 bits per heavy atom. The SMILES string of the molecule is N#CC1=C(N)Oc2c(sc3ccccc23)C1c1cc(Br)cc(Br)c1OC(=O)c1ccccc1. The van der Waals surface area contributed by atoms with Gasteiger partial charge in [-0.25, -0.2) is 4.79 Å². The van der Waals surface area contributed by atoms with E-state index in [0.29, 0.717) is 27.1 Å². The lowest BCUT2D eigenvalue weighted by Gasteiger charge is -2.26. The standard InChI is InChI=1S/C25H14Br2N2O3S/c26-14-10-16(21(18(27)11-14)32-25(30)13-6-2-1-3-7-13)20-17(12-28)24(29)31-22-15-8-4-5-9-19(15)33-23(20)22/h1-11,20H,29H2. The number of nitriles is 1. The summed E-state index contributed by atoms with van der Waals surface area (Å²) in [6.07, 6.45) is 0. The zero-order chi connectivity index (χ0) is 23.1. The monoisotopic (exact) mass is 580 g/mol. The van der Waals surface area contributed by atoms with E-state index in [0.717, 1.165) is 19.4 Å². The molecule has 0 spiro atoms. The maximum atomic E-state index is 12.9. The summed E-state index contributed by atoms with van der Waals surface area (Å²) in [5.74, 6) is -0.0890. The van der Waals surface area contributed by atoms with Crippen LogP contribution in [0.3, 0.4) is 0 Å². The van der Waals surface area contributed by atoms with Crippen molar-refractivity contribution in [1.82, 2.24) is 0 Å². The van der Waals surface area contributed by atoms with Crippen LogP contribution in [0.1, 0.15) is 26.7 Å². The van der Waals surface area contributed by atoms with Crippen LogP contribution in [0, 0.1) is 11.3 Å². The summed E-state index contributed by atoms with van der Waals surface area (Å²) in [6.45, 7) is 0. The van der Waals surface area contributed by atoms with E-state index in [2.05, 4.69) is 37.9 Å². The van der Waals surface area contributed by atoms with Gasteiger partial charge in [-0.05, 0) is 52.3 Å². The molecule has 0 radical (unpaired) electrons. The molecule has 4 aromatic rings. The van der Waals surface area contributed by atoms with E-state index < -0.39 is 11.9 Å². The third-order valence-electron chi connectivity index (χ3n) is 5.28. The Hall–Kier alpha value is -3.12. The number of thiophene rings is 1. The number of ether oxygens (including phenoxy) is 2. The molecule has 0 bridgehead atoms. The van der Waals surface area contributed by atoms with Crippen molar-refractivity contribution in [2.24, 2.45) is 5.73 Å². The van der Waals surface area contributed by atoms with Gasteiger partial charge in [-0.1, -0.05) is 46.3 Å². The van der Waals surface area contributed by atoms with E-state index in [-0.39, 0.29) is 11.5 Å². The molecule has 5 nitrogen and oxygen atoms in total. The predicted octanol–water partition coefficient (Wildman–Crippen LogP) is 6.86. The van der Waals surface area contributed by atoms with Gasteiger partial charge in [0.25, 0.3) is 0 Å². The smallest absolute Gasteiger partial charge is 0.343 e. The van der Waals surface area contributed by atoms with Crippen LogP contribution < -0.4 is 15.2 Å². The lowest BCUT2D eigenvalue weighted by atomic mass is 9.87. The number of fused-ring (bicyclic) bond motifs is 3. The number of allylic oxidation sites excluding steroid dienone is 1. The largest absolute Gasteiger partial charge is 0.439 e. The predicted molar refractivity (Wildman–Crippen MR) is 134 cm³/mol. The highest BCUT2D eigenvalue weighted by Crippen LogP contribution is 2.53. The van der Waals surface area contributed by atoms with E-state index in [9.17, 15) is 10.1 Å². The number of nitrogens with two attached hydrogens (primary N) is 1. The summed E-state index contributed by atoms with van der Waals surface area (Å²) in [5.41, 5.74) is 7.51. The van der Waals surface area contributed by atoms with E-state index in [1.807, 2.05) is 36.4 Å². The van der Waals surface area contributed by atoms with Crippen LogP contribution in [0.5, 0.6) is 11.5 Å². The fourth-order valence-corrected chi connectivity index (χ4v) is 6.42. The minimum atomic E-state index is -0.566. The summed E-state index contributed by atoms with van der Waals surface area (Å²) in [6, 6.07) is 22.4. The maximum Gasteiger partial charge on any atom is 0.343 e. The van der Waals surface area contributed by atoms with Crippen LogP contribution in [-0.2, 0) is 0 Å². The zero-order valence-corrected chi connectivity index (χ0v) is 20.8. The Morgan fingerprint density at radius 2 is 1.82 bits per heavy atom. The lowest BCUT2D eigenvalue weighted by molar-refractivity contribution is 0.0731. The van der Waals surface area contributed by atoms with Crippen LogP contribution in [0.15, 0.2) is 87.1 Å². The maximum absolute atomic E-state index is 12.9. The van der Waals surface area contributed by atoms with Gasteiger partial charge in [-0.15, -0.1) is 11.3 Å². The number of hydrogen-bond donors (Lipinski definition) is 1. The van der Waals surface area contributed by atoms with Gasteiger partial charge in [0.1, 0.15) is 17.4 Å². The van der Waals surface area contributed by atoms with Crippen molar-refractivity contribution in [3.63, 3.8) is 0 Å². The number of esters is 1. The minimum Gasteiger partial charge on any atom is -0.439 e. The molecule has 162 valence electrons. The first kappa shape index (κ1) is 21.7. The lowest BCUT2D eigenvalue weighted by Crippen LogP contribution is -2.21. The molecular formula is C25H14Br2N2O3S. The number of rotatable bonds is 3. The van der Waals surface area contributed by atoms with Crippen molar-refractivity contribution >= 4 is 59.3 Å². The van der Waals surface area contributed by atoms with Gasteiger partial charge in [-0.2, -0.15) is 5.26 Å². The highest BCUT2D eigenvalue weighted by Gasteiger charge is 2.36. The van der Waals surface area contributed by atoms with Crippen molar-refractivity contribution < 1.29 is 14.3 Å². The molecule has 2 heterocycles. The molecule has 5 rings (SSSR count). The van der Waals surface area contributed by atoms with Crippen LogP contribution in [0.2, 0.25) is 0 Å². The molecule has 8 heteroatoms. The summed E-state index contributed by atoms with van der Waals surface area (Å²) in [7, 11) is 0. The fraction of sp³-hybridized carbons (Fsp3) is 0.0400. The summed E-state index contributed by atoms with van der Waals surface area (Å²) < 4.78 is 14.1. The average molecular weight is 582 g/mol. The Labute approximate surface area is 210 Å². The molecule has 0 fully saturated rings. The van der Waals surface area contributed by atoms with E-state index in [1.54, 1.807) is 30.3 Å². The molecule has 0 saturated carbocycles. The summed E-state index contributed by atoms with van der Waals surface area (Å²) >= 11 is 8.58. The minimum absolute atomic E-state index is 0.0370. The highest BCUT2D eigenvalue weighted by molar-refractivity contribution is 9.11. The molecule has 0 aliphatic carbocycles. The first-order valence-corrected chi connectivity index (χ1v) is 12.2. The second-order valence-electron chi connectivity index (χ2n) is 7.28. The highest BCUT2D eigenvalue weighted by atomic mass is 79.9. The van der Waals surface area contributed by atoms with Crippen molar-refractivity contribution in [2.75, 3.05) is 0 Å². The van der Waals surface area contributed by atoms with E-state index >= 15 is 0 Å². The molecule has 0 saturated heterocycles. The van der Waals surface area contributed by atoms with Gasteiger partial charge < -0.3 is 15.2 Å². The molecule has 1 aliphatic rings. The number of nitrogens with zero attached hydrogens (tertiary/aromatic N) is 1. The normalized spacial score (nSPS) is 15.0. The van der Waals surface area contributed by atoms with Gasteiger partial charge in [0, 0.05) is 20.1 Å². The number of benzene rings is 3. The van der Waals surface area contributed by atoms with Crippen molar-refractivity contribution in [1.29, 1.82) is 5.26 Å². The molecule has 2 N–H and O–H groups in total. The Morgan fingerprint density at radius 3 is 2.58 bits per heavy atom. The van der Waals surface area contributed by atoms with Gasteiger partial charge in [0.05, 0.1) is 20.8 Å². The molecule has 1 unspecified atom stereocenters. The number of halogens is 2. The second-order valence-corrected chi connectivity index (χ2v) is 10.1. The molecule has 1 atom stereocenters. The fourth-order valence-electron chi connectivity index (χ4n) is 3.82. The third-order valence-corrected chi connectivity index (χ3v) is 7.54. The Bertz CT molecular complexity index is 1490. The Kier molecular flexibility index (Phi) is 5.71. The van der Waals surface area contributed by atoms with E-state index in [4.69, 9.17) is 15.2 Å². The van der Waals surface area contributed by atoms with Gasteiger partial charge >= 0.3 is 5.97 Å². The summed E-state index contributed by atoms with van der Waals surface area (Å²) in [4.78, 5) is 13.7. The molecule has 1 aliphatic heterocycles. The molecule has 1 aromatic heterocycles. The topological polar surface area (TPSA) is 85.3 Å². The molecule has 0 amide bonds. The van der Waals surface area contributed by atoms with Gasteiger partial charge in [0.2, 0.25) is 5.88 Å². The van der Waals surface area contributed by atoms with Gasteiger partial charge in [0.15, 0.2) is 5.75 Å². The molecule has 3 aromatic carbocycles. The zero-order valence-electron chi connectivity index (χ0n) is 16.8. The van der Waals surface area contributed by atoms with E-state index in [1.165, 1.54) is 11.3 Å². The van der Waals surface area contributed by atoms with Crippen LogP contribution in [-0.4, -0.2) is 5.97 Å². The quantitative estimate of drug-likeness (QED) is 0.211. The van der Waals surface area contributed by atoms with Crippen molar-refractivity contribution in [2.45, 2.75) is 5.92 Å². The van der Waals surface area contributed by atoms with Crippen molar-refractivity contribution in [3.8, 4) is 17.6 Å². The first-order valence-electron chi connectivity index (χ1n) is 9.83. The van der Waals surface area contributed by atoms with Crippen LogP contribution >= 0.6 is 43.2 Å². The van der Waals surface area contributed by atoms with Crippen molar-refractivity contribution in [3.05, 3.63) is 103 Å². The molecular weight excluding hydrogens is 568 g/mol. The Balaban J connectivity index is 1.72. The van der Waals surface area contributed by atoms with Crippen LogP contribution in [0.25, 0.3) is 10.1 Å². The summed E-state index contributed by atoms with van der Waals surface area (Å²) in [5, 5.41) is 10.9. The molecule has 33 heavy (non-hydrogen) atoms. The number of carbonyl (C=O) groups is 1. The van der Waals surface area contributed by atoms with Crippen LogP contribution in [0.4, 0.5) is 0 Å². The first-order chi connectivity index (χ1) is 16.0.